The number of hydrogen-bond acceptors (Lipinski definition) is 3. The molecular weight excluding hydrogens is 331 g/mol. The van der Waals surface area contributed by atoms with Gasteiger partial charge in [-0.05, 0) is 40.8 Å². The van der Waals surface area contributed by atoms with Crippen molar-refractivity contribution in [2.45, 2.75) is 6.54 Å². The summed E-state index contributed by atoms with van der Waals surface area (Å²) in [6.07, 6.45) is 1.66. The first-order valence-corrected chi connectivity index (χ1v) is 8.24. The van der Waals surface area contributed by atoms with Crippen LogP contribution in [-0.4, -0.2) is 13.3 Å². The second-order valence-electron chi connectivity index (χ2n) is 5.41. The molecule has 0 bridgehead atoms. The Hall–Kier alpha value is -2.35. The van der Waals surface area contributed by atoms with Crippen LogP contribution in [0.1, 0.15) is 5.56 Å². The third-order valence-corrected chi connectivity index (χ3v) is 4.13. The number of benzene rings is 2. The summed E-state index contributed by atoms with van der Waals surface area (Å²) in [4.78, 5) is 12.2. The van der Waals surface area contributed by atoms with Gasteiger partial charge >= 0.3 is 0 Å². The molecule has 0 aliphatic carbocycles. The monoisotopic (exact) mass is 345 g/mol. The SMILES string of the molecule is Cn1cc(-c2cc(F)cc(CNS(=O)[O-])c2)c2ccccc2c1=O. The van der Waals surface area contributed by atoms with E-state index in [2.05, 4.69) is 4.72 Å². The van der Waals surface area contributed by atoms with Crippen LogP contribution in [0.15, 0.2) is 53.5 Å². The molecule has 1 unspecified atom stereocenters. The molecule has 0 amide bonds. The molecule has 0 spiro atoms. The van der Waals surface area contributed by atoms with Crippen molar-refractivity contribution in [1.82, 2.24) is 9.29 Å². The van der Waals surface area contributed by atoms with E-state index in [0.717, 1.165) is 5.39 Å². The molecule has 1 atom stereocenters. The molecule has 24 heavy (non-hydrogen) atoms. The minimum atomic E-state index is -2.42. The van der Waals surface area contributed by atoms with E-state index < -0.39 is 17.1 Å². The molecule has 1 N–H and O–H groups in total. The average Bonchev–Trinajstić information content (AvgIpc) is 2.56. The van der Waals surface area contributed by atoms with Gasteiger partial charge in [0.1, 0.15) is 5.82 Å². The maximum Gasteiger partial charge on any atom is 0.258 e. The van der Waals surface area contributed by atoms with Gasteiger partial charge in [-0.2, -0.15) is 0 Å². The number of aryl methyl sites for hydroxylation is 1. The Kier molecular flexibility index (Phi) is 4.57. The van der Waals surface area contributed by atoms with Crippen LogP contribution in [0, 0.1) is 5.82 Å². The summed E-state index contributed by atoms with van der Waals surface area (Å²) >= 11 is -2.42. The molecule has 1 aromatic heterocycles. The zero-order chi connectivity index (χ0) is 17.3. The fourth-order valence-electron chi connectivity index (χ4n) is 2.70. The number of nitrogens with one attached hydrogen (secondary N) is 1. The fraction of sp³-hybridized carbons (Fsp3) is 0.118. The molecule has 0 aliphatic heterocycles. The third-order valence-electron chi connectivity index (χ3n) is 3.75. The molecule has 0 saturated carbocycles. The van der Waals surface area contributed by atoms with Gasteiger partial charge in [0.2, 0.25) is 0 Å². The van der Waals surface area contributed by atoms with E-state index in [1.165, 1.54) is 16.7 Å². The number of nitrogens with zero attached hydrogens (tertiary/aromatic N) is 1. The zero-order valence-electron chi connectivity index (χ0n) is 12.8. The van der Waals surface area contributed by atoms with Gasteiger partial charge in [0.15, 0.2) is 0 Å². The Balaban J connectivity index is 2.19. The zero-order valence-corrected chi connectivity index (χ0v) is 13.6. The molecule has 0 aliphatic rings. The second kappa shape index (κ2) is 6.64. The lowest BCUT2D eigenvalue weighted by molar-refractivity contribution is 0.522. The molecule has 0 fully saturated rings. The largest absolute Gasteiger partial charge is 0.760 e. The smallest absolute Gasteiger partial charge is 0.258 e. The van der Waals surface area contributed by atoms with Crippen molar-refractivity contribution in [3.63, 3.8) is 0 Å². The van der Waals surface area contributed by atoms with E-state index >= 15 is 0 Å². The van der Waals surface area contributed by atoms with E-state index in [0.29, 0.717) is 22.1 Å². The highest BCUT2D eigenvalue weighted by Gasteiger charge is 2.10. The Morgan fingerprint density at radius 1 is 1.21 bits per heavy atom. The molecular formula is C17H14FN2O3S-. The topological polar surface area (TPSA) is 74.2 Å². The maximum atomic E-state index is 14.0. The number of fused-ring (bicyclic) bond motifs is 1. The van der Waals surface area contributed by atoms with E-state index in [1.807, 2.05) is 12.1 Å². The van der Waals surface area contributed by atoms with Crippen LogP contribution in [0.4, 0.5) is 4.39 Å². The molecule has 0 radical (unpaired) electrons. The number of halogens is 1. The number of pyridine rings is 1. The van der Waals surface area contributed by atoms with Crippen molar-refractivity contribution in [1.29, 1.82) is 0 Å². The van der Waals surface area contributed by atoms with Gasteiger partial charge in [-0.15, -0.1) is 0 Å². The minimum Gasteiger partial charge on any atom is -0.760 e. The van der Waals surface area contributed by atoms with Gasteiger partial charge in [0, 0.05) is 42.0 Å². The van der Waals surface area contributed by atoms with E-state index in [9.17, 15) is 17.9 Å². The van der Waals surface area contributed by atoms with Crippen LogP contribution in [0.25, 0.3) is 21.9 Å². The molecule has 124 valence electrons. The summed E-state index contributed by atoms with van der Waals surface area (Å²) in [5.74, 6) is -0.473. The molecule has 0 saturated heterocycles. The van der Waals surface area contributed by atoms with Crippen LogP contribution in [0.5, 0.6) is 0 Å². The maximum absolute atomic E-state index is 14.0. The van der Waals surface area contributed by atoms with Gasteiger partial charge in [0.25, 0.3) is 5.56 Å². The van der Waals surface area contributed by atoms with E-state index in [-0.39, 0.29) is 12.1 Å². The standard InChI is InChI=1S/C17H15FN2O3S/c1-20-10-16(14-4-2-3-5-15(14)17(20)21)12-6-11(7-13(18)8-12)9-19-24(22)23/h2-8,10,19H,9H2,1H3,(H,22,23)/p-1. The lowest BCUT2D eigenvalue weighted by Crippen LogP contribution is -2.17. The predicted molar refractivity (Wildman–Crippen MR) is 90.3 cm³/mol. The molecule has 3 rings (SSSR count). The molecule has 5 nitrogen and oxygen atoms in total. The average molecular weight is 345 g/mol. The number of rotatable bonds is 4. The van der Waals surface area contributed by atoms with Crippen molar-refractivity contribution < 1.29 is 13.2 Å². The van der Waals surface area contributed by atoms with Crippen LogP contribution in [0.3, 0.4) is 0 Å². The minimum absolute atomic E-state index is 0.00936. The normalized spacial score (nSPS) is 12.5. The Morgan fingerprint density at radius 2 is 1.92 bits per heavy atom. The van der Waals surface area contributed by atoms with Crippen molar-refractivity contribution in [3.05, 3.63) is 70.4 Å². The van der Waals surface area contributed by atoms with Gasteiger partial charge in [0.05, 0.1) is 0 Å². The van der Waals surface area contributed by atoms with Gasteiger partial charge in [-0.1, -0.05) is 18.2 Å². The summed E-state index contributed by atoms with van der Waals surface area (Å²) in [6.45, 7) is -0.00936. The van der Waals surface area contributed by atoms with Crippen LogP contribution in [0.2, 0.25) is 0 Å². The highest BCUT2D eigenvalue weighted by Crippen LogP contribution is 2.28. The van der Waals surface area contributed by atoms with Gasteiger partial charge in [-0.3, -0.25) is 9.00 Å². The Bertz CT molecular complexity index is 1000. The predicted octanol–water partition coefficient (Wildman–Crippen LogP) is 2.23. The highest BCUT2D eigenvalue weighted by atomic mass is 32.2. The number of aromatic nitrogens is 1. The van der Waals surface area contributed by atoms with E-state index in [1.54, 1.807) is 31.4 Å². The third kappa shape index (κ3) is 3.28. The van der Waals surface area contributed by atoms with Crippen LogP contribution in [-0.2, 0) is 24.9 Å². The van der Waals surface area contributed by atoms with Crippen molar-refractivity contribution in [2.24, 2.45) is 7.05 Å². The van der Waals surface area contributed by atoms with E-state index in [4.69, 9.17) is 0 Å². The highest BCUT2D eigenvalue weighted by molar-refractivity contribution is 7.77. The van der Waals surface area contributed by atoms with Gasteiger partial charge in [-0.25, -0.2) is 9.11 Å². The Labute approximate surface area is 140 Å². The Morgan fingerprint density at radius 3 is 2.62 bits per heavy atom. The summed E-state index contributed by atoms with van der Waals surface area (Å²) in [5.41, 5.74) is 1.65. The summed E-state index contributed by atoms with van der Waals surface area (Å²) in [7, 11) is 1.64. The van der Waals surface area contributed by atoms with Gasteiger partial charge < -0.3 is 9.12 Å². The summed E-state index contributed by atoms with van der Waals surface area (Å²) in [5, 5.41) is 1.26. The molecule has 7 heteroatoms. The van der Waals surface area contributed by atoms with Crippen LogP contribution < -0.4 is 10.3 Å². The van der Waals surface area contributed by atoms with Crippen molar-refractivity contribution in [2.75, 3.05) is 0 Å². The quantitative estimate of drug-likeness (QED) is 0.737. The van der Waals surface area contributed by atoms with Crippen molar-refractivity contribution >= 4 is 22.0 Å². The fourth-order valence-corrected chi connectivity index (χ4v) is 2.98. The first-order valence-electron chi connectivity index (χ1n) is 7.16. The summed E-state index contributed by atoms with van der Waals surface area (Å²) < 4.78 is 38.9. The number of hydrogen-bond donors (Lipinski definition) is 1. The molecule has 3 aromatic rings. The summed E-state index contributed by atoms with van der Waals surface area (Å²) in [6, 6.07) is 11.5. The first-order chi connectivity index (χ1) is 11.5. The van der Waals surface area contributed by atoms with Crippen molar-refractivity contribution in [3.8, 4) is 11.1 Å². The lowest BCUT2D eigenvalue weighted by Gasteiger charge is -2.12. The molecule has 2 aromatic carbocycles. The first kappa shape index (κ1) is 16.5. The van der Waals surface area contributed by atoms with Crippen LogP contribution >= 0.6 is 0 Å². The lowest BCUT2D eigenvalue weighted by atomic mass is 9.99. The molecule has 1 heterocycles. The second-order valence-corrected chi connectivity index (χ2v) is 6.17.